The number of carbonyl (C=O) groups is 1. The van der Waals surface area contributed by atoms with E-state index >= 15 is 0 Å². The average molecular weight is 152 g/mol. The second-order valence-corrected chi connectivity index (χ2v) is 2.99. The second-order valence-electron chi connectivity index (χ2n) is 2.99. The van der Waals surface area contributed by atoms with Crippen molar-refractivity contribution in [1.82, 2.24) is 0 Å². The fourth-order valence-electron chi connectivity index (χ4n) is 1.66. The lowest BCUT2D eigenvalue weighted by Gasteiger charge is -2.04. The van der Waals surface area contributed by atoms with Crippen molar-refractivity contribution in [3.05, 3.63) is 23.3 Å². The van der Waals surface area contributed by atoms with Crippen molar-refractivity contribution < 1.29 is 9.18 Å². The van der Waals surface area contributed by atoms with Crippen LogP contribution in [0.1, 0.15) is 19.3 Å². The van der Waals surface area contributed by atoms with Crippen LogP contribution in [-0.2, 0) is 4.79 Å². The maximum absolute atomic E-state index is 12.8. The molecule has 0 N–H and O–H groups in total. The van der Waals surface area contributed by atoms with Crippen LogP contribution < -0.4 is 0 Å². The number of hydrogen-bond donors (Lipinski definition) is 0. The molecule has 0 saturated carbocycles. The van der Waals surface area contributed by atoms with E-state index in [9.17, 15) is 9.18 Å². The Bertz CT molecular complexity index is 263. The van der Waals surface area contributed by atoms with Crippen LogP contribution in [0.4, 0.5) is 4.39 Å². The summed E-state index contributed by atoms with van der Waals surface area (Å²) in [5.74, 6) is -0.309. The molecule has 0 aliphatic heterocycles. The fourth-order valence-corrected chi connectivity index (χ4v) is 1.66. The van der Waals surface area contributed by atoms with E-state index in [-0.39, 0.29) is 5.78 Å². The maximum Gasteiger partial charge on any atom is 0.197 e. The summed E-state index contributed by atoms with van der Waals surface area (Å²) in [5, 5.41) is 0. The first-order valence-electron chi connectivity index (χ1n) is 3.86. The van der Waals surface area contributed by atoms with E-state index < -0.39 is 6.17 Å². The molecule has 1 unspecified atom stereocenters. The van der Waals surface area contributed by atoms with Gasteiger partial charge >= 0.3 is 0 Å². The predicted octanol–water partition coefficient (Wildman–Crippen LogP) is 1.94. The van der Waals surface area contributed by atoms with Gasteiger partial charge < -0.3 is 0 Å². The number of ketones is 1. The number of carbonyl (C=O) groups excluding carboxylic acids is 1. The molecule has 2 rings (SSSR count). The molecule has 1 atom stereocenters. The van der Waals surface area contributed by atoms with Gasteiger partial charge in [0.05, 0.1) is 0 Å². The van der Waals surface area contributed by atoms with Crippen LogP contribution >= 0.6 is 0 Å². The van der Waals surface area contributed by atoms with Gasteiger partial charge in [-0.15, -0.1) is 0 Å². The van der Waals surface area contributed by atoms with Gasteiger partial charge in [0, 0.05) is 12.0 Å². The molecule has 0 spiro atoms. The van der Waals surface area contributed by atoms with E-state index in [1.54, 1.807) is 6.08 Å². The van der Waals surface area contributed by atoms with Crippen LogP contribution in [0.3, 0.4) is 0 Å². The molecular weight excluding hydrogens is 143 g/mol. The molecule has 0 amide bonds. The van der Waals surface area contributed by atoms with E-state index in [2.05, 4.69) is 0 Å². The van der Waals surface area contributed by atoms with Crippen LogP contribution in [0.2, 0.25) is 0 Å². The van der Waals surface area contributed by atoms with Crippen molar-refractivity contribution in [2.45, 2.75) is 25.4 Å². The predicted molar refractivity (Wildman–Crippen MR) is 39.9 cm³/mol. The molecule has 0 radical (unpaired) electrons. The minimum Gasteiger partial charge on any atom is -0.291 e. The molecular formula is C9H9FO. The van der Waals surface area contributed by atoms with Gasteiger partial charge in [-0.2, -0.15) is 0 Å². The van der Waals surface area contributed by atoms with Crippen LogP contribution in [0.15, 0.2) is 23.3 Å². The third-order valence-corrected chi connectivity index (χ3v) is 2.25. The summed E-state index contributed by atoms with van der Waals surface area (Å²) >= 11 is 0. The van der Waals surface area contributed by atoms with Crippen LogP contribution in [-0.4, -0.2) is 12.0 Å². The highest BCUT2D eigenvalue weighted by Crippen LogP contribution is 2.32. The van der Waals surface area contributed by atoms with Crippen LogP contribution in [0.5, 0.6) is 0 Å². The topological polar surface area (TPSA) is 17.1 Å². The standard InChI is InChI=1S/C9H9FO/c10-8-5-6-3-1-2-4-7(6)9(8)11/h2,4,8H,1,3,5H2. The largest absolute Gasteiger partial charge is 0.291 e. The number of rotatable bonds is 0. The molecule has 0 aromatic heterocycles. The molecule has 2 aliphatic rings. The van der Waals surface area contributed by atoms with Crippen molar-refractivity contribution >= 4 is 5.78 Å². The van der Waals surface area contributed by atoms with Gasteiger partial charge in [0.25, 0.3) is 0 Å². The highest BCUT2D eigenvalue weighted by atomic mass is 19.1. The van der Waals surface area contributed by atoms with Crippen LogP contribution in [0, 0.1) is 0 Å². The van der Waals surface area contributed by atoms with Gasteiger partial charge in [0.1, 0.15) is 0 Å². The molecule has 11 heavy (non-hydrogen) atoms. The first-order valence-corrected chi connectivity index (χ1v) is 3.86. The summed E-state index contributed by atoms with van der Waals surface area (Å²) in [6, 6.07) is 0. The first kappa shape index (κ1) is 6.77. The zero-order valence-electron chi connectivity index (χ0n) is 6.14. The Morgan fingerprint density at radius 3 is 3.09 bits per heavy atom. The van der Waals surface area contributed by atoms with Gasteiger partial charge in [0.2, 0.25) is 0 Å². The highest BCUT2D eigenvalue weighted by molar-refractivity contribution is 6.04. The summed E-state index contributed by atoms with van der Waals surface area (Å²) in [6.45, 7) is 0. The summed E-state index contributed by atoms with van der Waals surface area (Å²) < 4.78 is 12.8. The molecule has 2 heteroatoms. The van der Waals surface area contributed by atoms with Gasteiger partial charge in [0.15, 0.2) is 12.0 Å². The summed E-state index contributed by atoms with van der Waals surface area (Å²) in [6.07, 6.45) is 4.63. The molecule has 0 bridgehead atoms. The van der Waals surface area contributed by atoms with Gasteiger partial charge in [-0.3, -0.25) is 4.79 Å². The van der Waals surface area contributed by atoms with E-state index in [1.807, 2.05) is 6.08 Å². The van der Waals surface area contributed by atoms with Gasteiger partial charge in [-0.25, -0.2) is 4.39 Å². The van der Waals surface area contributed by atoms with Gasteiger partial charge in [-0.1, -0.05) is 17.7 Å². The van der Waals surface area contributed by atoms with E-state index in [0.717, 1.165) is 18.4 Å². The molecule has 0 aromatic carbocycles. The highest BCUT2D eigenvalue weighted by Gasteiger charge is 2.31. The molecule has 0 saturated heterocycles. The molecule has 0 aromatic rings. The normalized spacial score (nSPS) is 29.5. The molecule has 1 nitrogen and oxygen atoms in total. The van der Waals surface area contributed by atoms with E-state index in [0.29, 0.717) is 12.0 Å². The van der Waals surface area contributed by atoms with Crippen LogP contribution in [0.25, 0.3) is 0 Å². The lowest BCUT2D eigenvalue weighted by molar-refractivity contribution is -0.118. The van der Waals surface area contributed by atoms with E-state index in [1.165, 1.54) is 0 Å². The quantitative estimate of drug-likeness (QED) is 0.518. The zero-order valence-corrected chi connectivity index (χ0v) is 6.14. The second kappa shape index (κ2) is 2.29. The Morgan fingerprint density at radius 2 is 2.36 bits per heavy atom. The van der Waals surface area contributed by atoms with Crippen molar-refractivity contribution in [1.29, 1.82) is 0 Å². The average Bonchev–Trinajstić information content (AvgIpc) is 2.30. The summed E-state index contributed by atoms with van der Waals surface area (Å²) in [5.41, 5.74) is 1.66. The number of Topliss-reactive ketones (excluding diaryl/α,β-unsaturated/α-hetero) is 1. The molecule has 0 fully saturated rings. The number of alkyl halides is 1. The Labute approximate surface area is 64.6 Å². The molecule has 2 aliphatic carbocycles. The minimum absolute atomic E-state index is 0.309. The van der Waals surface area contributed by atoms with Crippen molar-refractivity contribution in [3.63, 3.8) is 0 Å². The third-order valence-electron chi connectivity index (χ3n) is 2.25. The number of halogens is 1. The van der Waals surface area contributed by atoms with E-state index in [4.69, 9.17) is 0 Å². The Kier molecular flexibility index (Phi) is 1.41. The number of hydrogen-bond acceptors (Lipinski definition) is 1. The Hall–Kier alpha value is -0.920. The SMILES string of the molecule is O=C1C2=C(CCC=C2)CC1F. The minimum atomic E-state index is -1.25. The summed E-state index contributed by atoms with van der Waals surface area (Å²) in [4.78, 5) is 11.1. The Morgan fingerprint density at radius 1 is 1.55 bits per heavy atom. The van der Waals surface area contributed by atoms with Crippen molar-refractivity contribution in [3.8, 4) is 0 Å². The lowest BCUT2D eigenvalue weighted by Crippen LogP contribution is -2.08. The molecule has 0 heterocycles. The first-order chi connectivity index (χ1) is 5.29. The zero-order chi connectivity index (χ0) is 7.84. The number of allylic oxidation sites excluding steroid dienone is 4. The fraction of sp³-hybridized carbons (Fsp3) is 0.444. The maximum atomic E-state index is 12.8. The van der Waals surface area contributed by atoms with Gasteiger partial charge in [-0.05, 0) is 12.8 Å². The lowest BCUT2D eigenvalue weighted by atomic mass is 10.0. The monoisotopic (exact) mass is 152 g/mol. The summed E-state index contributed by atoms with van der Waals surface area (Å²) in [7, 11) is 0. The third kappa shape index (κ3) is 0.934. The van der Waals surface area contributed by atoms with Crippen molar-refractivity contribution in [2.75, 3.05) is 0 Å². The smallest absolute Gasteiger partial charge is 0.197 e. The molecule has 58 valence electrons. The van der Waals surface area contributed by atoms with Crippen molar-refractivity contribution in [2.24, 2.45) is 0 Å². The Balaban J connectivity index is 2.35.